The SMILES string of the molecule is N/C(=N\C(=O)O)c1nc(NN2CCOCC2)c(NCC2CCCCC2)c(-c2cc(Cl)ccc2F)n1.c1ccccc1. The van der Waals surface area contributed by atoms with Crippen molar-refractivity contribution in [3.63, 3.8) is 0 Å². The van der Waals surface area contributed by atoms with Gasteiger partial charge in [-0.25, -0.2) is 24.2 Å². The summed E-state index contributed by atoms with van der Waals surface area (Å²) in [5.74, 6) is -0.266. The van der Waals surface area contributed by atoms with E-state index in [4.69, 9.17) is 27.2 Å². The van der Waals surface area contributed by atoms with Gasteiger partial charge in [0.15, 0.2) is 17.5 Å². The minimum absolute atomic E-state index is 0.138. The second kappa shape index (κ2) is 15.3. The Bertz CT molecular complexity index is 1290. The van der Waals surface area contributed by atoms with Gasteiger partial charge in [0.25, 0.3) is 0 Å². The number of aromatic nitrogens is 2. The molecule has 12 heteroatoms. The largest absolute Gasteiger partial charge is 0.463 e. The standard InChI is InChI=1S/C23H29ClFN7O3.C6H6/c24-15-6-7-17(25)16(12-15)18-19(27-13-14-4-2-1-3-5-14)21(31-32-8-10-35-11-9-32)30-22(28-18)20(26)29-23(33)34;1-2-4-6-5-3-1/h6-7,12,14,27H,1-5,8-11,13H2,(H2,26,29)(H,33,34)(H,28,30,31);1-6H. The van der Waals surface area contributed by atoms with Gasteiger partial charge >= 0.3 is 6.09 Å². The quantitative estimate of drug-likeness (QED) is 0.205. The van der Waals surface area contributed by atoms with E-state index in [9.17, 15) is 4.79 Å². The molecule has 0 unspecified atom stereocenters. The topological polar surface area (TPSA) is 138 Å². The highest BCUT2D eigenvalue weighted by Crippen LogP contribution is 2.36. The van der Waals surface area contributed by atoms with E-state index in [1.54, 1.807) is 0 Å². The number of carbonyl (C=O) groups is 1. The van der Waals surface area contributed by atoms with E-state index in [2.05, 4.69) is 25.7 Å². The van der Waals surface area contributed by atoms with Gasteiger partial charge in [-0.2, -0.15) is 4.99 Å². The molecule has 10 nitrogen and oxygen atoms in total. The van der Waals surface area contributed by atoms with E-state index in [0.29, 0.717) is 55.3 Å². The number of amides is 1. The molecule has 41 heavy (non-hydrogen) atoms. The Morgan fingerprint density at radius 3 is 2.39 bits per heavy atom. The van der Waals surface area contributed by atoms with Gasteiger partial charge in [-0.3, -0.25) is 0 Å². The van der Waals surface area contributed by atoms with Crippen LogP contribution in [0.3, 0.4) is 0 Å². The lowest BCUT2D eigenvalue weighted by molar-refractivity contribution is 0.0495. The molecular formula is C29H35ClFN7O3. The van der Waals surface area contributed by atoms with Crippen LogP contribution in [0.25, 0.3) is 11.3 Å². The molecule has 5 rings (SSSR count). The molecule has 1 aliphatic heterocycles. The molecule has 218 valence electrons. The molecular weight excluding hydrogens is 549 g/mol. The Kier molecular flexibility index (Phi) is 11.2. The van der Waals surface area contributed by atoms with Crippen molar-refractivity contribution in [3.05, 3.63) is 71.3 Å². The normalized spacial score (nSPS) is 16.4. The maximum absolute atomic E-state index is 15.0. The fourth-order valence-corrected chi connectivity index (χ4v) is 4.87. The van der Waals surface area contributed by atoms with E-state index in [-0.39, 0.29) is 17.1 Å². The second-order valence-corrected chi connectivity index (χ2v) is 10.2. The summed E-state index contributed by atoms with van der Waals surface area (Å²) in [6.45, 7) is 2.93. The number of nitrogens with one attached hydrogen (secondary N) is 2. The van der Waals surface area contributed by atoms with Crippen LogP contribution in [0.1, 0.15) is 37.9 Å². The summed E-state index contributed by atoms with van der Waals surface area (Å²) in [5, 5.41) is 14.8. The molecule has 3 aromatic rings. The molecule has 0 bridgehead atoms. The lowest BCUT2D eigenvalue weighted by Crippen LogP contribution is -2.41. The Balaban J connectivity index is 0.000000572. The Morgan fingerprint density at radius 2 is 1.76 bits per heavy atom. The number of nitrogens with two attached hydrogens (primary N) is 1. The van der Waals surface area contributed by atoms with Gasteiger partial charge in [0.05, 0.1) is 13.2 Å². The zero-order valence-corrected chi connectivity index (χ0v) is 23.5. The highest BCUT2D eigenvalue weighted by atomic mass is 35.5. The van der Waals surface area contributed by atoms with E-state index in [0.717, 1.165) is 12.8 Å². The first-order chi connectivity index (χ1) is 19.9. The number of hydrogen-bond donors (Lipinski definition) is 4. The zero-order valence-electron chi connectivity index (χ0n) is 22.7. The number of hydrogen-bond acceptors (Lipinski definition) is 7. The summed E-state index contributed by atoms with van der Waals surface area (Å²) in [6, 6.07) is 16.2. The van der Waals surface area contributed by atoms with Crippen molar-refractivity contribution in [2.75, 3.05) is 43.6 Å². The Hall–Kier alpha value is -3.80. The number of amidine groups is 1. The van der Waals surface area contributed by atoms with Crippen LogP contribution in [-0.4, -0.2) is 64.9 Å². The first-order valence-corrected chi connectivity index (χ1v) is 14.1. The van der Waals surface area contributed by atoms with Gasteiger partial charge in [-0.1, -0.05) is 67.3 Å². The average Bonchev–Trinajstić information content (AvgIpc) is 2.99. The molecule has 2 aromatic carbocycles. The Morgan fingerprint density at radius 1 is 1.10 bits per heavy atom. The number of rotatable bonds is 7. The zero-order chi connectivity index (χ0) is 29.0. The van der Waals surface area contributed by atoms with Crippen molar-refractivity contribution in [1.29, 1.82) is 0 Å². The summed E-state index contributed by atoms with van der Waals surface area (Å²) in [4.78, 5) is 23.4. The summed E-state index contributed by atoms with van der Waals surface area (Å²) < 4.78 is 20.4. The van der Waals surface area contributed by atoms with Gasteiger partial charge in [0.1, 0.15) is 17.2 Å². The van der Waals surface area contributed by atoms with Crippen LogP contribution in [0.4, 0.5) is 20.7 Å². The van der Waals surface area contributed by atoms with E-state index in [1.807, 2.05) is 41.4 Å². The number of nitrogens with zero attached hydrogens (tertiary/aromatic N) is 4. The van der Waals surface area contributed by atoms with Crippen molar-refractivity contribution in [1.82, 2.24) is 15.0 Å². The number of hydrazine groups is 1. The fourth-order valence-electron chi connectivity index (χ4n) is 4.70. The van der Waals surface area contributed by atoms with Crippen LogP contribution in [0.5, 0.6) is 0 Å². The molecule has 1 aromatic heterocycles. The molecule has 1 saturated heterocycles. The van der Waals surface area contributed by atoms with Crippen LogP contribution in [0.2, 0.25) is 5.02 Å². The molecule has 2 aliphatic rings. The van der Waals surface area contributed by atoms with Crippen molar-refractivity contribution in [2.45, 2.75) is 32.1 Å². The van der Waals surface area contributed by atoms with Gasteiger partial charge in [0, 0.05) is 30.2 Å². The summed E-state index contributed by atoms with van der Waals surface area (Å²) in [6.07, 6.45) is 4.33. The number of aliphatic imine (C=N–C) groups is 1. The van der Waals surface area contributed by atoms with Crippen LogP contribution in [0.15, 0.2) is 59.6 Å². The van der Waals surface area contributed by atoms with Crippen molar-refractivity contribution in [3.8, 4) is 11.3 Å². The average molecular weight is 584 g/mol. The van der Waals surface area contributed by atoms with Gasteiger partial charge < -0.3 is 26.3 Å². The number of anilines is 2. The fraction of sp³-hybridized carbons (Fsp3) is 0.379. The van der Waals surface area contributed by atoms with Gasteiger partial charge in [0.2, 0.25) is 0 Å². The molecule has 0 radical (unpaired) electrons. The van der Waals surface area contributed by atoms with Crippen LogP contribution in [0, 0.1) is 11.7 Å². The summed E-state index contributed by atoms with van der Waals surface area (Å²) in [7, 11) is 0. The molecule has 1 aliphatic carbocycles. The number of ether oxygens (including phenoxy) is 1. The minimum Gasteiger partial charge on any atom is -0.463 e. The first-order valence-electron chi connectivity index (χ1n) is 13.7. The maximum Gasteiger partial charge on any atom is 0.433 e. The molecule has 1 amide bonds. The number of benzene rings is 2. The highest BCUT2D eigenvalue weighted by Gasteiger charge is 2.24. The summed E-state index contributed by atoms with van der Waals surface area (Å²) in [5.41, 5.74) is 9.99. The third kappa shape index (κ3) is 9.10. The summed E-state index contributed by atoms with van der Waals surface area (Å²) >= 11 is 6.19. The third-order valence-electron chi connectivity index (χ3n) is 6.77. The van der Waals surface area contributed by atoms with Crippen LogP contribution in [-0.2, 0) is 4.74 Å². The molecule has 2 heterocycles. The minimum atomic E-state index is -1.48. The highest BCUT2D eigenvalue weighted by molar-refractivity contribution is 6.30. The lowest BCUT2D eigenvalue weighted by Gasteiger charge is -2.29. The van der Waals surface area contributed by atoms with E-state index in [1.165, 1.54) is 37.5 Å². The van der Waals surface area contributed by atoms with Crippen LogP contribution >= 0.6 is 11.6 Å². The smallest absolute Gasteiger partial charge is 0.433 e. The Labute approximate surface area is 243 Å². The third-order valence-corrected chi connectivity index (χ3v) is 7.01. The molecule has 0 spiro atoms. The van der Waals surface area contributed by atoms with Crippen LogP contribution < -0.4 is 16.5 Å². The van der Waals surface area contributed by atoms with Gasteiger partial charge in [-0.15, -0.1) is 0 Å². The molecule has 2 fully saturated rings. The monoisotopic (exact) mass is 583 g/mol. The molecule has 0 atom stereocenters. The molecule has 1 saturated carbocycles. The lowest BCUT2D eigenvalue weighted by atomic mass is 9.89. The molecule has 5 N–H and O–H groups in total. The van der Waals surface area contributed by atoms with E-state index >= 15 is 4.39 Å². The number of morpholine rings is 1. The number of carboxylic acid groups (broad SMARTS) is 1. The van der Waals surface area contributed by atoms with E-state index < -0.39 is 17.7 Å². The predicted molar refractivity (Wildman–Crippen MR) is 159 cm³/mol. The predicted octanol–water partition coefficient (Wildman–Crippen LogP) is 5.66. The van der Waals surface area contributed by atoms with Crippen molar-refractivity contribution >= 4 is 35.0 Å². The van der Waals surface area contributed by atoms with Crippen molar-refractivity contribution in [2.24, 2.45) is 16.6 Å². The number of halogens is 2. The van der Waals surface area contributed by atoms with Gasteiger partial charge in [-0.05, 0) is 37.0 Å². The maximum atomic E-state index is 15.0. The first kappa shape index (κ1) is 30.2. The van der Waals surface area contributed by atoms with Crippen molar-refractivity contribution < 1.29 is 19.0 Å². The second-order valence-electron chi connectivity index (χ2n) is 9.77.